The number of hydrogen-bond donors (Lipinski definition) is 0. The molecule has 130 valence electrons. The first-order valence-electron chi connectivity index (χ1n) is 8.32. The summed E-state index contributed by atoms with van der Waals surface area (Å²) >= 11 is 0. The lowest BCUT2D eigenvalue weighted by Gasteiger charge is -2.36. The molecule has 25 heavy (non-hydrogen) atoms. The van der Waals surface area contributed by atoms with Crippen LogP contribution in [0.5, 0.6) is 0 Å². The number of amides is 1. The lowest BCUT2D eigenvalue weighted by Crippen LogP contribution is -2.49. The number of aryl methyl sites for hydroxylation is 2. The van der Waals surface area contributed by atoms with E-state index in [1.54, 1.807) is 18.2 Å². The van der Waals surface area contributed by atoms with E-state index in [0.717, 1.165) is 16.7 Å². The molecular weight excluding hydrogens is 318 g/mol. The van der Waals surface area contributed by atoms with Gasteiger partial charge in [-0.3, -0.25) is 14.9 Å². The molecule has 6 nitrogen and oxygen atoms in total. The van der Waals surface area contributed by atoms with E-state index in [4.69, 9.17) is 0 Å². The molecule has 1 aliphatic rings. The van der Waals surface area contributed by atoms with Crippen LogP contribution in [0.25, 0.3) is 0 Å². The number of rotatable bonds is 3. The number of benzene rings is 2. The number of nitrogens with zero attached hydrogens (tertiary/aromatic N) is 3. The molecule has 0 bridgehead atoms. The highest BCUT2D eigenvalue weighted by Gasteiger charge is 2.26. The largest absolute Gasteiger partial charge is 0.362 e. The number of nitro benzene ring substituents is 1. The number of anilines is 1. The average Bonchev–Trinajstić information content (AvgIpc) is 2.61. The fraction of sp³-hybridized carbons (Fsp3) is 0.316. The van der Waals surface area contributed by atoms with Gasteiger partial charge in [-0.25, -0.2) is 0 Å². The molecule has 0 saturated carbocycles. The standard InChI is InChI=1S/C19H21N3O3/c1-14-7-8-16(15(2)13-14)19(23)21-11-9-20(10-12-21)17-5-3-4-6-18(17)22(24)25/h3-8,13H,9-12H2,1-2H3. The van der Waals surface area contributed by atoms with Gasteiger partial charge in [0.25, 0.3) is 11.6 Å². The first-order valence-corrected chi connectivity index (χ1v) is 8.32. The maximum atomic E-state index is 12.7. The Morgan fingerprint density at radius 2 is 1.72 bits per heavy atom. The Morgan fingerprint density at radius 1 is 1.04 bits per heavy atom. The van der Waals surface area contributed by atoms with Crippen LogP contribution >= 0.6 is 0 Å². The quantitative estimate of drug-likeness (QED) is 0.636. The van der Waals surface area contributed by atoms with Crippen LogP contribution < -0.4 is 4.90 Å². The zero-order chi connectivity index (χ0) is 18.0. The highest BCUT2D eigenvalue weighted by atomic mass is 16.6. The van der Waals surface area contributed by atoms with Crippen LogP contribution in [0.2, 0.25) is 0 Å². The van der Waals surface area contributed by atoms with E-state index < -0.39 is 0 Å². The Balaban J connectivity index is 1.72. The van der Waals surface area contributed by atoms with Gasteiger partial charge in [0, 0.05) is 37.8 Å². The van der Waals surface area contributed by atoms with Gasteiger partial charge in [0.15, 0.2) is 0 Å². The summed E-state index contributed by atoms with van der Waals surface area (Å²) in [5.41, 5.74) is 3.56. The van der Waals surface area contributed by atoms with Crippen molar-refractivity contribution in [3.63, 3.8) is 0 Å². The molecule has 6 heteroatoms. The summed E-state index contributed by atoms with van der Waals surface area (Å²) in [5, 5.41) is 11.2. The van der Waals surface area contributed by atoms with E-state index in [0.29, 0.717) is 31.9 Å². The third kappa shape index (κ3) is 3.47. The van der Waals surface area contributed by atoms with Crippen molar-refractivity contribution in [2.45, 2.75) is 13.8 Å². The Kier molecular flexibility index (Phi) is 4.70. The van der Waals surface area contributed by atoms with Crippen molar-refractivity contribution in [1.29, 1.82) is 0 Å². The van der Waals surface area contributed by atoms with E-state index in [1.165, 1.54) is 6.07 Å². The molecule has 1 heterocycles. The Morgan fingerprint density at radius 3 is 2.36 bits per heavy atom. The Hall–Kier alpha value is -2.89. The molecule has 0 atom stereocenters. The van der Waals surface area contributed by atoms with E-state index in [9.17, 15) is 14.9 Å². The molecular formula is C19H21N3O3. The van der Waals surface area contributed by atoms with Crippen molar-refractivity contribution in [1.82, 2.24) is 4.90 Å². The van der Waals surface area contributed by atoms with Crippen LogP contribution in [0.15, 0.2) is 42.5 Å². The molecule has 0 spiro atoms. The van der Waals surface area contributed by atoms with Crippen LogP contribution in [0.4, 0.5) is 11.4 Å². The van der Waals surface area contributed by atoms with Crippen LogP contribution in [0, 0.1) is 24.0 Å². The third-order valence-corrected chi connectivity index (χ3v) is 4.60. The summed E-state index contributed by atoms with van der Waals surface area (Å²) in [4.78, 5) is 27.4. The SMILES string of the molecule is Cc1ccc(C(=O)N2CCN(c3ccccc3[N+](=O)[O-])CC2)c(C)c1. The van der Waals surface area contributed by atoms with E-state index in [2.05, 4.69) is 0 Å². The smallest absolute Gasteiger partial charge is 0.292 e. The van der Waals surface area contributed by atoms with E-state index >= 15 is 0 Å². The molecule has 0 aliphatic carbocycles. The number of para-hydroxylation sites is 2. The van der Waals surface area contributed by atoms with Crippen LogP contribution in [0.3, 0.4) is 0 Å². The van der Waals surface area contributed by atoms with Gasteiger partial charge in [-0.1, -0.05) is 29.8 Å². The third-order valence-electron chi connectivity index (χ3n) is 4.60. The molecule has 0 unspecified atom stereocenters. The summed E-state index contributed by atoms with van der Waals surface area (Å²) in [6.45, 7) is 6.23. The zero-order valence-electron chi connectivity index (χ0n) is 14.4. The topological polar surface area (TPSA) is 66.7 Å². The minimum Gasteiger partial charge on any atom is -0.362 e. The Labute approximate surface area is 146 Å². The van der Waals surface area contributed by atoms with Crippen LogP contribution in [-0.2, 0) is 0 Å². The molecule has 1 saturated heterocycles. The fourth-order valence-electron chi connectivity index (χ4n) is 3.26. The summed E-state index contributed by atoms with van der Waals surface area (Å²) in [6.07, 6.45) is 0. The molecule has 2 aromatic carbocycles. The first-order chi connectivity index (χ1) is 12.0. The number of piperazine rings is 1. The summed E-state index contributed by atoms with van der Waals surface area (Å²) < 4.78 is 0. The highest BCUT2D eigenvalue weighted by Crippen LogP contribution is 2.28. The molecule has 0 N–H and O–H groups in total. The van der Waals surface area contributed by atoms with Crippen molar-refractivity contribution in [2.75, 3.05) is 31.1 Å². The van der Waals surface area contributed by atoms with Gasteiger partial charge >= 0.3 is 0 Å². The predicted molar refractivity (Wildman–Crippen MR) is 97.1 cm³/mol. The van der Waals surface area contributed by atoms with Gasteiger partial charge < -0.3 is 9.80 Å². The van der Waals surface area contributed by atoms with Gasteiger partial charge in [0.05, 0.1) is 4.92 Å². The van der Waals surface area contributed by atoms with Crippen molar-refractivity contribution in [2.24, 2.45) is 0 Å². The van der Waals surface area contributed by atoms with E-state index in [-0.39, 0.29) is 16.5 Å². The fourth-order valence-corrected chi connectivity index (χ4v) is 3.26. The highest BCUT2D eigenvalue weighted by molar-refractivity contribution is 5.95. The first kappa shape index (κ1) is 17.0. The van der Waals surface area contributed by atoms with E-state index in [1.807, 2.05) is 41.8 Å². The minimum atomic E-state index is -0.359. The van der Waals surface area contributed by atoms with Crippen LogP contribution in [0.1, 0.15) is 21.5 Å². The van der Waals surface area contributed by atoms with Gasteiger partial charge in [-0.15, -0.1) is 0 Å². The average molecular weight is 339 g/mol. The molecule has 1 fully saturated rings. The number of carbonyl (C=O) groups is 1. The second-order valence-electron chi connectivity index (χ2n) is 6.34. The van der Waals surface area contributed by atoms with Gasteiger partial charge in [-0.05, 0) is 31.5 Å². The molecule has 0 aromatic heterocycles. The second-order valence-corrected chi connectivity index (χ2v) is 6.34. The summed E-state index contributed by atoms with van der Waals surface area (Å²) in [7, 11) is 0. The lowest BCUT2D eigenvalue weighted by molar-refractivity contribution is -0.384. The maximum Gasteiger partial charge on any atom is 0.292 e. The molecule has 2 aromatic rings. The predicted octanol–water partition coefficient (Wildman–Crippen LogP) is 3.17. The molecule has 1 amide bonds. The second kappa shape index (κ2) is 6.93. The zero-order valence-corrected chi connectivity index (χ0v) is 14.4. The minimum absolute atomic E-state index is 0.0275. The van der Waals surface area contributed by atoms with Crippen molar-refractivity contribution < 1.29 is 9.72 Å². The van der Waals surface area contributed by atoms with Crippen molar-refractivity contribution in [3.05, 3.63) is 69.3 Å². The summed E-state index contributed by atoms with van der Waals surface area (Å²) in [6, 6.07) is 12.6. The number of carbonyl (C=O) groups excluding carboxylic acids is 1. The van der Waals surface area contributed by atoms with Gasteiger partial charge in [0.2, 0.25) is 0 Å². The van der Waals surface area contributed by atoms with Crippen molar-refractivity contribution >= 4 is 17.3 Å². The normalized spacial score (nSPS) is 14.5. The lowest BCUT2D eigenvalue weighted by atomic mass is 10.0. The van der Waals surface area contributed by atoms with Gasteiger partial charge in [-0.2, -0.15) is 0 Å². The number of hydrogen-bond acceptors (Lipinski definition) is 4. The number of nitro groups is 1. The van der Waals surface area contributed by atoms with Crippen molar-refractivity contribution in [3.8, 4) is 0 Å². The molecule has 0 radical (unpaired) electrons. The summed E-state index contributed by atoms with van der Waals surface area (Å²) in [5.74, 6) is 0.0275. The molecule has 3 rings (SSSR count). The monoisotopic (exact) mass is 339 g/mol. The maximum absolute atomic E-state index is 12.7. The Bertz CT molecular complexity index is 811. The van der Waals surface area contributed by atoms with Gasteiger partial charge in [0.1, 0.15) is 5.69 Å². The van der Waals surface area contributed by atoms with Crippen LogP contribution in [-0.4, -0.2) is 41.9 Å². The molecule has 1 aliphatic heterocycles.